The Morgan fingerprint density at radius 3 is 2.80 bits per heavy atom. The molecule has 2 aromatic rings. The van der Waals surface area contributed by atoms with E-state index in [4.69, 9.17) is 9.47 Å². The third-order valence-electron chi connectivity index (χ3n) is 3.96. The SMILES string of the molecule is CN1/C(=C/C(=O)c2cccc([N+](=O)[O-])c2)Sc2cc3c(cc21)OCO3. The van der Waals surface area contributed by atoms with Crippen LogP contribution < -0.4 is 14.4 Å². The summed E-state index contributed by atoms with van der Waals surface area (Å²) in [5.41, 5.74) is 1.10. The van der Waals surface area contributed by atoms with E-state index in [2.05, 4.69) is 0 Å². The van der Waals surface area contributed by atoms with Crippen molar-refractivity contribution in [3.8, 4) is 11.5 Å². The summed E-state index contributed by atoms with van der Waals surface area (Å²) in [6.45, 7) is 0.209. The number of anilines is 1. The van der Waals surface area contributed by atoms with E-state index in [0.717, 1.165) is 15.6 Å². The number of nitro groups is 1. The first-order chi connectivity index (χ1) is 12.0. The van der Waals surface area contributed by atoms with Crippen LogP contribution in [0.4, 0.5) is 11.4 Å². The lowest BCUT2D eigenvalue weighted by molar-refractivity contribution is -0.384. The summed E-state index contributed by atoms with van der Waals surface area (Å²) in [4.78, 5) is 25.7. The highest BCUT2D eigenvalue weighted by Gasteiger charge is 2.27. The van der Waals surface area contributed by atoms with Gasteiger partial charge >= 0.3 is 0 Å². The van der Waals surface area contributed by atoms with Gasteiger partial charge in [-0.15, -0.1) is 0 Å². The predicted octanol–water partition coefficient (Wildman–Crippen LogP) is 3.59. The second kappa shape index (κ2) is 5.82. The molecule has 0 aliphatic carbocycles. The summed E-state index contributed by atoms with van der Waals surface area (Å²) in [7, 11) is 1.85. The average molecular weight is 356 g/mol. The maximum atomic E-state index is 12.5. The van der Waals surface area contributed by atoms with E-state index >= 15 is 0 Å². The second-order valence-electron chi connectivity index (χ2n) is 5.49. The lowest BCUT2D eigenvalue weighted by atomic mass is 10.1. The number of allylic oxidation sites excluding steroid dienone is 1. The Bertz CT molecular complexity index is 941. The van der Waals surface area contributed by atoms with Crippen LogP contribution in [0.25, 0.3) is 0 Å². The van der Waals surface area contributed by atoms with E-state index < -0.39 is 4.92 Å². The summed E-state index contributed by atoms with van der Waals surface area (Å²) in [6.07, 6.45) is 1.48. The molecule has 0 amide bonds. The lowest BCUT2D eigenvalue weighted by Gasteiger charge is -2.13. The molecule has 2 aliphatic heterocycles. The van der Waals surface area contributed by atoms with Crippen LogP contribution in [-0.4, -0.2) is 24.5 Å². The molecule has 25 heavy (non-hydrogen) atoms. The molecule has 0 fully saturated rings. The summed E-state index contributed by atoms with van der Waals surface area (Å²) >= 11 is 1.44. The summed E-state index contributed by atoms with van der Waals surface area (Å²) in [5, 5.41) is 11.6. The summed E-state index contributed by atoms with van der Waals surface area (Å²) < 4.78 is 10.8. The maximum Gasteiger partial charge on any atom is 0.270 e. The molecule has 0 unspecified atom stereocenters. The van der Waals surface area contributed by atoms with Crippen molar-refractivity contribution in [3.63, 3.8) is 0 Å². The number of nitrogens with zero attached hydrogens (tertiary/aromatic N) is 2. The molecule has 2 heterocycles. The maximum absolute atomic E-state index is 12.5. The first kappa shape index (κ1) is 15.5. The van der Waals surface area contributed by atoms with Crippen LogP contribution in [0, 0.1) is 10.1 Å². The molecule has 4 rings (SSSR count). The highest BCUT2D eigenvalue weighted by Crippen LogP contribution is 2.50. The largest absolute Gasteiger partial charge is 0.454 e. The van der Waals surface area contributed by atoms with Gasteiger partial charge in [-0.05, 0) is 0 Å². The Kier molecular flexibility index (Phi) is 3.61. The molecule has 2 aliphatic rings. The molecule has 126 valence electrons. The highest BCUT2D eigenvalue weighted by molar-refractivity contribution is 8.03. The van der Waals surface area contributed by atoms with Gasteiger partial charge in [0, 0.05) is 47.8 Å². The molecule has 0 spiro atoms. The van der Waals surface area contributed by atoms with Gasteiger partial charge in [-0.25, -0.2) is 0 Å². The zero-order valence-electron chi connectivity index (χ0n) is 13.1. The Labute approximate surface area is 147 Å². The first-order valence-corrected chi connectivity index (χ1v) is 8.20. The molecule has 7 nitrogen and oxygen atoms in total. The van der Waals surface area contributed by atoms with E-state index in [0.29, 0.717) is 11.5 Å². The Morgan fingerprint density at radius 1 is 1.28 bits per heavy atom. The minimum absolute atomic E-state index is 0.106. The molecule has 0 atom stereocenters. The highest BCUT2D eigenvalue weighted by atomic mass is 32.2. The quantitative estimate of drug-likeness (QED) is 0.360. The van der Waals surface area contributed by atoms with Gasteiger partial charge in [-0.2, -0.15) is 0 Å². The van der Waals surface area contributed by atoms with Crippen LogP contribution in [0.15, 0.2) is 52.4 Å². The molecule has 2 aromatic carbocycles. The molecule has 0 bridgehead atoms. The lowest BCUT2D eigenvalue weighted by Crippen LogP contribution is -2.11. The van der Waals surface area contributed by atoms with Gasteiger partial charge in [0.1, 0.15) is 0 Å². The zero-order chi connectivity index (χ0) is 17.6. The molecule has 0 N–H and O–H groups in total. The number of thioether (sulfide) groups is 1. The van der Waals surface area contributed by atoms with Crippen molar-refractivity contribution in [2.75, 3.05) is 18.7 Å². The Morgan fingerprint density at radius 2 is 2.04 bits per heavy atom. The number of carbonyl (C=O) groups excluding carboxylic acids is 1. The Hall–Kier alpha value is -3.00. The van der Waals surface area contributed by atoms with E-state index in [-0.39, 0.29) is 23.8 Å². The Balaban J connectivity index is 1.63. The van der Waals surface area contributed by atoms with Gasteiger partial charge in [0.15, 0.2) is 17.3 Å². The number of nitro benzene ring substituents is 1. The van der Waals surface area contributed by atoms with E-state index in [1.807, 2.05) is 24.1 Å². The van der Waals surface area contributed by atoms with E-state index in [1.165, 1.54) is 36.0 Å². The summed E-state index contributed by atoms with van der Waals surface area (Å²) in [5.74, 6) is 1.08. The van der Waals surface area contributed by atoms with E-state index in [9.17, 15) is 14.9 Å². The topological polar surface area (TPSA) is 81.9 Å². The minimum atomic E-state index is -0.516. The number of hydrogen-bond acceptors (Lipinski definition) is 7. The summed E-state index contributed by atoms with van der Waals surface area (Å²) in [6, 6.07) is 9.47. The number of non-ortho nitro benzene ring substituents is 1. The van der Waals surface area contributed by atoms with Gasteiger partial charge in [-0.3, -0.25) is 14.9 Å². The normalized spacial score (nSPS) is 16.2. The molecule has 0 saturated heterocycles. The fourth-order valence-electron chi connectivity index (χ4n) is 2.65. The van der Waals surface area contributed by atoms with Gasteiger partial charge in [0.25, 0.3) is 5.69 Å². The molecule has 0 saturated carbocycles. The van der Waals surface area contributed by atoms with Crippen LogP contribution in [0.2, 0.25) is 0 Å². The minimum Gasteiger partial charge on any atom is -0.454 e. The third kappa shape index (κ3) is 2.70. The van der Waals surface area contributed by atoms with Crippen LogP contribution in [0.1, 0.15) is 10.4 Å². The number of hydrogen-bond donors (Lipinski definition) is 0. The standard InChI is InChI=1S/C17H12N2O5S/c1-18-12-6-14-15(24-9-23-14)8-16(12)25-17(18)7-13(20)10-3-2-4-11(5-10)19(21)22/h2-8H,9H2,1H3/b17-7-. The van der Waals surface area contributed by atoms with Gasteiger partial charge < -0.3 is 14.4 Å². The second-order valence-corrected chi connectivity index (χ2v) is 6.55. The monoisotopic (exact) mass is 356 g/mol. The van der Waals surface area contributed by atoms with Crippen LogP contribution in [0.5, 0.6) is 11.5 Å². The van der Waals surface area contributed by atoms with Gasteiger partial charge in [0.05, 0.1) is 15.6 Å². The number of fused-ring (bicyclic) bond motifs is 2. The van der Waals surface area contributed by atoms with E-state index in [1.54, 1.807) is 6.07 Å². The van der Waals surface area contributed by atoms with Gasteiger partial charge in [0.2, 0.25) is 6.79 Å². The molecular weight excluding hydrogens is 344 g/mol. The smallest absolute Gasteiger partial charge is 0.270 e. The first-order valence-electron chi connectivity index (χ1n) is 7.38. The van der Waals surface area contributed by atoms with Crippen LogP contribution in [-0.2, 0) is 0 Å². The van der Waals surface area contributed by atoms with Crippen molar-refractivity contribution in [2.24, 2.45) is 0 Å². The number of ether oxygens (including phenoxy) is 2. The van der Waals surface area contributed by atoms with Crippen molar-refractivity contribution in [3.05, 3.63) is 63.2 Å². The number of benzene rings is 2. The molecule has 0 radical (unpaired) electrons. The number of rotatable bonds is 3. The van der Waals surface area contributed by atoms with Crippen molar-refractivity contribution >= 4 is 28.9 Å². The molecule has 8 heteroatoms. The fourth-order valence-corrected chi connectivity index (χ4v) is 3.74. The predicted molar refractivity (Wildman–Crippen MR) is 92.3 cm³/mol. The van der Waals surface area contributed by atoms with Crippen LogP contribution >= 0.6 is 11.8 Å². The number of carbonyl (C=O) groups is 1. The van der Waals surface area contributed by atoms with Crippen LogP contribution in [0.3, 0.4) is 0 Å². The van der Waals surface area contributed by atoms with Gasteiger partial charge in [-0.1, -0.05) is 23.9 Å². The fraction of sp³-hybridized carbons (Fsp3) is 0.118. The van der Waals surface area contributed by atoms with Crippen molar-refractivity contribution in [1.82, 2.24) is 0 Å². The molecular formula is C17H12N2O5S. The molecule has 0 aromatic heterocycles. The number of ketones is 1. The average Bonchev–Trinajstić information content (AvgIpc) is 3.18. The van der Waals surface area contributed by atoms with Crippen molar-refractivity contribution in [1.29, 1.82) is 0 Å². The van der Waals surface area contributed by atoms with Crippen molar-refractivity contribution in [2.45, 2.75) is 4.90 Å². The van der Waals surface area contributed by atoms with Crippen molar-refractivity contribution < 1.29 is 19.2 Å². The third-order valence-corrected chi connectivity index (χ3v) is 5.10. The zero-order valence-corrected chi connectivity index (χ0v) is 13.9.